The van der Waals surface area contributed by atoms with Crippen molar-refractivity contribution >= 4 is 34.5 Å². The minimum absolute atomic E-state index is 0.0785. The van der Waals surface area contributed by atoms with Gasteiger partial charge < -0.3 is 20.7 Å². The van der Waals surface area contributed by atoms with Gasteiger partial charge in [0.05, 0.1) is 6.61 Å². The summed E-state index contributed by atoms with van der Waals surface area (Å²) in [4.78, 5) is 28.4. The molecule has 9 heteroatoms. The van der Waals surface area contributed by atoms with Crippen LogP contribution >= 0.6 is 12.2 Å². The minimum atomic E-state index is -0.589. The molecule has 0 atom stereocenters. The van der Waals surface area contributed by atoms with E-state index in [4.69, 9.17) is 22.7 Å². The van der Waals surface area contributed by atoms with Crippen LogP contribution in [0.1, 0.15) is 18.9 Å². The Balaban J connectivity index is 2.45. The van der Waals surface area contributed by atoms with E-state index >= 15 is 0 Å². The predicted octanol–water partition coefficient (Wildman–Crippen LogP) is 1.69. The van der Waals surface area contributed by atoms with Crippen LogP contribution in [0.15, 0.2) is 33.9 Å². The minimum Gasteiger partial charge on any atom is -0.383 e. The Bertz CT molecular complexity index is 905. The summed E-state index contributed by atoms with van der Waals surface area (Å²) in [6.07, 6.45) is 0.694. The number of aryl methyl sites for hydroxylation is 1. The lowest BCUT2D eigenvalue weighted by Gasteiger charge is -2.27. The van der Waals surface area contributed by atoms with E-state index in [0.29, 0.717) is 26.1 Å². The SMILES string of the molecule is CCCn1c(N)c(N(CCOC)C(=S)Nc2ccc(C)cc2)c(=O)[nH]c1=O. The third kappa shape index (κ3) is 4.95. The van der Waals surface area contributed by atoms with Gasteiger partial charge in [-0.3, -0.25) is 14.3 Å². The van der Waals surface area contributed by atoms with Crippen LogP contribution in [0, 0.1) is 6.92 Å². The van der Waals surface area contributed by atoms with Crippen molar-refractivity contribution in [3.63, 3.8) is 0 Å². The smallest absolute Gasteiger partial charge is 0.330 e. The Morgan fingerprint density at radius 1 is 1.33 bits per heavy atom. The van der Waals surface area contributed by atoms with Crippen molar-refractivity contribution in [1.82, 2.24) is 9.55 Å². The van der Waals surface area contributed by atoms with Gasteiger partial charge in [-0.15, -0.1) is 0 Å². The molecule has 1 aromatic carbocycles. The van der Waals surface area contributed by atoms with Crippen molar-refractivity contribution in [3.8, 4) is 0 Å². The number of nitrogen functional groups attached to an aromatic ring is 1. The first kappa shape index (κ1) is 20.7. The monoisotopic (exact) mass is 391 g/mol. The number of methoxy groups -OCH3 is 1. The normalized spacial score (nSPS) is 10.6. The number of ether oxygens (including phenoxy) is 1. The van der Waals surface area contributed by atoms with E-state index in [1.807, 2.05) is 38.1 Å². The summed E-state index contributed by atoms with van der Waals surface area (Å²) in [7, 11) is 1.56. The van der Waals surface area contributed by atoms with Crippen LogP contribution in [0.5, 0.6) is 0 Å². The van der Waals surface area contributed by atoms with E-state index in [1.54, 1.807) is 12.0 Å². The lowest BCUT2D eigenvalue weighted by molar-refractivity contribution is 0.208. The Morgan fingerprint density at radius 3 is 2.59 bits per heavy atom. The lowest BCUT2D eigenvalue weighted by Crippen LogP contribution is -2.44. The molecular weight excluding hydrogens is 366 g/mol. The molecule has 0 unspecified atom stereocenters. The van der Waals surface area contributed by atoms with Gasteiger partial charge in [0, 0.05) is 25.9 Å². The van der Waals surface area contributed by atoms with E-state index in [-0.39, 0.29) is 16.6 Å². The second-order valence-corrected chi connectivity index (χ2v) is 6.47. The van der Waals surface area contributed by atoms with E-state index in [2.05, 4.69) is 10.3 Å². The van der Waals surface area contributed by atoms with Crippen LogP contribution in [-0.4, -0.2) is 34.9 Å². The molecule has 0 aliphatic rings. The van der Waals surface area contributed by atoms with Gasteiger partial charge in [0.25, 0.3) is 5.56 Å². The van der Waals surface area contributed by atoms with Gasteiger partial charge in [0.1, 0.15) is 5.82 Å². The zero-order chi connectivity index (χ0) is 20.0. The van der Waals surface area contributed by atoms with Gasteiger partial charge in [-0.05, 0) is 37.7 Å². The number of hydrogen-bond acceptors (Lipinski definition) is 5. The standard InChI is InChI=1S/C18H25N5O3S/c1-4-9-23-15(19)14(16(24)21-17(23)25)22(10-11-26-3)18(27)20-13-7-5-12(2)6-8-13/h5-8H,4,9-11,19H2,1-3H3,(H,20,27)(H,21,24,25). The van der Waals surface area contributed by atoms with Gasteiger partial charge in [-0.2, -0.15) is 0 Å². The summed E-state index contributed by atoms with van der Waals surface area (Å²) in [5, 5.41) is 3.39. The van der Waals surface area contributed by atoms with Crippen LogP contribution in [0.25, 0.3) is 0 Å². The van der Waals surface area contributed by atoms with Crippen molar-refractivity contribution in [2.45, 2.75) is 26.8 Å². The number of rotatable bonds is 7. The fourth-order valence-corrected chi connectivity index (χ4v) is 2.91. The first-order chi connectivity index (χ1) is 12.9. The molecule has 0 bridgehead atoms. The Hall–Kier alpha value is -2.65. The second kappa shape index (κ2) is 9.33. The fourth-order valence-electron chi connectivity index (χ4n) is 2.61. The number of benzene rings is 1. The second-order valence-electron chi connectivity index (χ2n) is 6.09. The van der Waals surface area contributed by atoms with Crippen molar-refractivity contribution in [2.75, 3.05) is 36.2 Å². The Kier molecular flexibility index (Phi) is 7.14. The maximum atomic E-state index is 12.5. The quantitative estimate of drug-likeness (QED) is 0.617. The molecule has 4 N–H and O–H groups in total. The summed E-state index contributed by atoms with van der Waals surface area (Å²) >= 11 is 5.51. The van der Waals surface area contributed by atoms with Crippen molar-refractivity contribution in [1.29, 1.82) is 0 Å². The van der Waals surface area contributed by atoms with Gasteiger partial charge >= 0.3 is 5.69 Å². The number of nitrogens with one attached hydrogen (secondary N) is 2. The number of thiocarbonyl (C=S) groups is 1. The van der Waals surface area contributed by atoms with E-state index in [9.17, 15) is 9.59 Å². The van der Waals surface area contributed by atoms with Crippen molar-refractivity contribution in [2.24, 2.45) is 0 Å². The molecule has 0 amide bonds. The van der Waals surface area contributed by atoms with Gasteiger partial charge in [-0.1, -0.05) is 24.6 Å². The first-order valence-electron chi connectivity index (χ1n) is 8.65. The number of H-pyrrole nitrogens is 1. The maximum Gasteiger partial charge on any atom is 0.330 e. The third-order valence-electron chi connectivity index (χ3n) is 4.00. The lowest BCUT2D eigenvalue weighted by atomic mass is 10.2. The number of anilines is 3. The first-order valence-corrected chi connectivity index (χ1v) is 9.06. The Labute approximate surface area is 163 Å². The van der Waals surface area contributed by atoms with Gasteiger partial charge in [-0.25, -0.2) is 4.79 Å². The number of hydrogen-bond donors (Lipinski definition) is 3. The molecule has 8 nitrogen and oxygen atoms in total. The maximum absolute atomic E-state index is 12.5. The molecular formula is C18H25N5O3S. The average Bonchev–Trinajstić information content (AvgIpc) is 2.63. The molecule has 1 aromatic heterocycles. The summed E-state index contributed by atoms with van der Waals surface area (Å²) < 4.78 is 6.48. The molecule has 0 saturated carbocycles. The van der Waals surface area contributed by atoms with Crippen LogP contribution in [-0.2, 0) is 11.3 Å². The number of nitrogens with two attached hydrogens (primary N) is 1. The zero-order valence-corrected chi connectivity index (χ0v) is 16.6. The highest BCUT2D eigenvalue weighted by molar-refractivity contribution is 7.80. The van der Waals surface area contributed by atoms with E-state index in [0.717, 1.165) is 11.3 Å². The molecule has 0 aliphatic carbocycles. The van der Waals surface area contributed by atoms with Crippen LogP contribution in [0.2, 0.25) is 0 Å². The summed E-state index contributed by atoms with van der Waals surface area (Å²) in [6, 6.07) is 7.68. The molecule has 1 heterocycles. The molecule has 146 valence electrons. The number of nitrogens with zero attached hydrogens (tertiary/aromatic N) is 2. The molecule has 0 radical (unpaired) electrons. The van der Waals surface area contributed by atoms with Crippen molar-refractivity contribution < 1.29 is 4.74 Å². The topological polar surface area (TPSA) is 105 Å². The molecule has 0 saturated heterocycles. The number of aromatic amines is 1. The molecule has 2 rings (SSSR count). The largest absolute Gasteiger partial charge is 0.383 e. The average molecular weight is 391 g/mol. The fraction of sp³-hybridized carbons (Fsp3) is 0.389. The van der Waals surface area contributed by atoms with Crippen LogP contribution < -0.4 is 27.2 Å². The highest BCUT2D eigenvalue weighted by Crippen LogP contribution is 2.19. The van der Waals surface area contributed by atoms with Gasteiger partial charge in [0.15, 0.2) is 10.8 Å². The zero-order valence-electron chi connectivity index (χ0n) is 15.7. The molecule has 0 aliphatic heterocycles. The highest BCUT2D eigenvalue weighted by Gasteiger charge is 2.22. The van der Waals surface area contributed by atoms with E-state index in [1.165, 1.54) is 4.57 Å². The van der Waals surface area contributed by atoms with E-state index < -0.39 is 11.2 Å². The number of aromatic nitrogens is 2. The van der Waals surface area contributed by atoms with Crippen molar-refractivity contribution in [3.05, 3.63) is 50.7 Å². The third-order valence-corrected chi connectivity index (χ3v) is 4.32. The molecule has 0 fully saturated rings. The summed E-state index contributed by atoms with van der Waals surface area (Å²) in [5.41, 5.74) is 7.08. The molecule has 0 spiro atoms. The van der Waals surface area contributed by atoms with Gasteiger partial charge in [0.2, 0.25) is 0 Å². The summed E-state index contributed by atoms with van der Waals surface area (Å²) in [5.74, 6) is 0.0785. The Morgan fingerprint density at radius 2 is 2.00 bits per heavy atom. The molecule has 2 aromatic rings. The highest BCUT2D eigenvalue weighted by atomic mass is 32.1. The van der Waals surface area contributed by atoms with Crippen LogP contribution in [0.3, 0.4) is 0 Å². The molecule has 27 heavy (non-hydrogen) atoms. The predicted molar refractivity (Wildman–Crippen MR) is 113 cm³/mol. The van der Waals surface area contributed by atoms with Crippen LogP contribution in [0.4, 0.5) is 17.2 Å². The summed E-state index contributed by atoms with van der Waals surface area (Å²) in [6.45, 7) is 4.92.